The van der Waals surface area contributed by atoms with Gasteiger partial charge in [-0.15, -0.1) is 0 Å². The maximum absolute atomic E-state index is 14.0. The minimum atomic E-state index is -0.246. The highest BCUT2D eigenvalue weighted by Gasteiger charge is 2.21. The van der Waals surface area contributed by atoms with Crippen molar-refractivity contribution in [1.29, 1.82) is 0 Å². The van der Waals surface area contributed by atoms with Crippen LogP contribution < -0.4 is 0 Å². The van der Waals surface area contributed by atoms with Crippen LogP contribution in [-0.2, 0) is 13.1 Å². The van der Waals surface area contributed by atoms with E-state index in [1.54, 1.807) is 12.1 Å². The van der Waals surface area contributed by atoms with Crippen molar-refractivity contribution in [3.63, 3.8) is 0 Å². The summed E-state index contributed by atoms with van der Waals surface area (Å²) in [4.78, 5) is 9.03. The van der Waals surface area contributed by atoms with Crippen LogP contribution >= 0.6 is 11.6 Å². The van der Waals surface area contributed by atoms with Crippen LogP contribution in [0.5, 0.6) is 0 Å². The predicted molar refractivity (Wildman–Crippen MR) is 106 cm³/mol. The van der Waals surface area contributed by atoms with E-state index in [1.807, 2.05) is 31.2 Å². The van der Waals surface area contributed by atoms with Crippen molar-refractivity contribution in [3.8, 4) is 11.4 Å². The van der Waals surface area contributed by atoms with E-state index in [4.69, 9.17) is 16.1 Å². The van der Waals surface area contributed by atoms with Crippen molar-refractivity contribution in [2.24, 2.45) is 0 Å². The van der Waals surface area contributed by atoms with Gasteiger partial charge in [-0.1, -0.05) is 47.1 Å². The highest BCUT2D eigenvalue weighted by atomic mass is 35.5. The lowest BCUT2D eigenvalue weighted by Gasteiger charge is -2.34. The molecular weight excluding hydrogens is 379 g/mol. The molecule has 0 amide bonds. The lowest BCUT2D eigenvalue weighted by molar-refractivity contribution is 0.111. The average molecular weight is 401 g/mol. The van der Waals surface area contributed by atoms with Gasteiger partial charge in [0.15, 0.2) is 0 Å². The van der Waals surface area contributed by atoms with Gasteiger partial charge in [0.25, 0.3) is 0 Å². The van der Waals surface area contributed by atoms with Crippen molar-refractivity contribution < 1.29 is 8.91 Å². The summed E-state index contributed by atoms with van der Waals surface area (Å²) in [5, 5.41) is 4.61. The normalized spacial score (nSPS) is 15.8. The molecule has 5 nitrogen and oxygen atoms in total. The second-order valence-corrected chi connectivity index (χ2v) is 7.49. The number of rotatable bonds is 5. The SMILES string of the molecule is Cc1ccccc1-c1noc(CN2CCN(Cc3c(F)cccc3Cl)CC2)n1. The van der Waals surface area contributed by atoms with Crippen LogP contribution in [0.1, 0.15) is 17.0 Å². The molecule has 4 rings (SSSR count). The molecule has 0 saturated carbocycles. The number of benzene rings is 2. The second kappa shape index (κ2) is 8.39. The van der Waals surface area contributed by atoms with Gasteiger partial charge in [0.2, 0.25) is 11.7 Å². The summed E-state index contributed by atoms with van der Waals surface area (Å²) in [5.41, 5.74) is 2.68. The topological polar surface area (TPSA) is 45.4 Å². The van der Waals surface area contributed by atoms with E-state index in [1.165, 1.54) is 6.07 Å². The van der Waals surface area contributed by atoms with E-state index in [0.29, 0.717) is 35.4 Å². The maximum Gasteiger partial charge on any atom is 0.241 e. The maximum atomic E-state index is 14.0. The van der Waals surface area contributed by atoms with Gasteiger partial charge >= 0.3 is 0 Å². The first-order valence-electron chi connectivity index (χ1n) is 9.36. The predicted octanol–water partition coefficient (Wildman–Crippen LogP) is 4.16. The fourth-order valence-corrected chi connectivity index (χ4v) is 3.68. The Morgan fingerprint density at radius 1 is 1.00 bits per heavy atom. The Hall–Kier alpha value is -2.28. The van der Waals surface area contributed by atoms with Crippen LogP contribution in [0, 0.1) is 12.7 Å². The van der Waals surface area contributed by atoms with Crippen LogP contribution in [0.3, 0.4) is 0 Å². The molecule has 1 aliphatic rings. The summed E-state index contributed by atoms with van der Waals surface area (Å²) in [6.45, 7) is 6.56. The number of halogens is 2. The lowest BCUT2D eigenvalue weighted by Crippen LogP contribution is -2.45. The molecule has 0 bridgehead atoms. The van der Waals surface area contributed by atoms with Crippen molar-refractivity contribution >= 4 is 11.6 Å². The van der Waals surface area contributed by atoms with E-state index >= 15 is 0 Å². The third-order valence-corrected chi connectivity index (χ3v) is 5.48. The van der Waals surface area contributed by atoms with E-state index < -0.39 is 0 Å². The van der Waals surface area contributed by atoms with E-state index in [0.717, 1.165) is 37.3 Å². The van der Waals surface area contributed by atoms with Crippen LogP contribution in [0.4, 0.5) is 4.39 Å². The van der Waals surface area contributed by atoms with Gasteiger partial charge in [-0.3, -0.25) is 9.80 Å². The number of aryl methyl sites for hydroxylation is 1. The summed E-state index contributed by atoms with van der Waals surface area (Å²) >= 11 is 6.14. The van der Waals surface area contributed by atoms with Crippen LogP contribution in [-0.4, -0.2) is 46.1 Å². The van der Waals surface area contributed by atoms with E-state index in [2.05, 4.69) is 19.9 Å². The average Bonchev–Trinajstić information content (AvgIpc) is 3.15. The molecule has 28 heavy (non-hydrogen) atoms. The fourth-order valence-electron chi connectivity index (χ4n) is 3.46. The molecule has 3 aromatic rings. The van der Waals surface area contributed by atoms with Gasteiger partial charge in [0.1, 0.15) is 5.82 Å². The van der Waals surface area contributed by atoms with E-state index in [9.17, 15) is 4.39 Å². The third kappa shape index (κ3) is 4.24. The molecule has 7 heteroatoms. The minimum absolute atomic E-state index is 0.246. The summed E-state index contributed by atoms with van der Waals surface area (Å²) in [5.74, 6) is 0.995. The molecule has 0 atom stereocenters. The molecule has 146 valence electrons. The Kier molecular flexibility index (Phi) is 5.71. The van der Waals surface area contributed by atoms with Crippen molar-refractivity contribution in [2.75, 3.05) is 26.2 Å². The van der Waals surface area contributed by atoms with Gasteiger partial charge in [0, 0.05) is 48.9 Å². The molecule has 0 unspecified atom stereocenters. The zero-order valence-electron chi connectivity index (χ0n) is 15.7. The Bertz CT molecular complexity index is 933. The summed E-state index contributed by atoms with van der Waals surface area (Å²) in [7, 11) is 0. The molecule has 1 aliphatic heterocycles. The largest absolute Gasteiger partial charge is 0.338 e. The van der Waals surface area contributed by atoms with Gasteiger partial charge < -0.3 is 4.52 Å². The Morgan fingerprint density at radius 2 is 1.71 bits per heavy atom. The summed E-state index contributed by atoms with van der Waals surface area (Å²) in [6, 6.07) is 12.8. The molecule has 1 saturated heterocycles. The molecule has 0 radical (unpaired) electrons. The van der Waals surface area contributed by atoms with Crippen LogP contribution in [0.25, 0.3) is 11.4 Å². The summed E-state index contributed by atoms with van der Waals surface area (Å²) in [6.07, 6.45) is 0. The quantitative estimate of drug-likeness (QED) is 0.643. The molecule has 2 aromatic carbocycles. The van der Waals surface area contributed by atoms with Crippen molar-refractivity contribution in [1.82, 2.24) is 19.9 Å². The zero-order valence-corrected chi connectivity index (χ0v) is 16.5. The fraction of sp³-hybridized carbons (Fsp3) is 0.333. The lowest BCUT2D eigenvalue weighted by atomic mass is 10.1. The zero-order chi connectivity index (χ0) is 19.5. The smallest absolute Gasteiger partial charge is 0.241 e. The first-order chi connectivity index (χ1) is 13.6. The molecule has 0 spiro atoms. The van der Waals surface area contributed by atoms with Crippen LogP contribution in [0.15, 0.2) is 47.0 Å². The van der Waals surface area contributed by atoms with Gasteiger partial charge in [-0.2, -0.15) is 4.98 Å². The number of hydrogen-bond acceptors (Lipinski definition) is 5. The standard InChI is InChI=1S/C21H22ClFN4O/c1-15-5-2-3-6-16(15)21-24-20(28-25-21)14-27-11-9-26(10-12-27)13-17-18(22)7-4-8-19(17)23/h2-8H,9-14H2,1H3. The monoisotopic (exact) mass is 400 g/mol. The van der Waals surface area contributed by atoms with Gasteiger partial charge in [0.05, 0.1) is 6.54 Å². The second-order valence-electron chi connectivity index (χ2n) is 7.08. The molecule has 0 N–H and O–H groups in total. The van der Waals surface area contributed by atoms with Crippen LogP contribution in [0.2, 0.25) is 5.02 Å². The third-order valence-electron chi connectivity index (χ3n) is 5.12. The van der Waals surface area contributed by atoms with Gasteiger partial charge in [-0.25, -0.2) is 4.39 Å². The molecular formula is C21H22ClFN4O. The molecule has 1 aromatic heterocycles. The first kappa shape index (κ1) is 19.1. The molecule has 1 fully saturated rings. The molecule has 0 aliphatic carbocycles. The number of hydrogen-bond donors (Lipinski definition) is 0. The minimum Gasteiger partial charge on any atom is -0.338 e. The Morgan fingerprint density at radius 3 is 2.43 bits per heavy atom. The van der Waals surface area contributed by atoms with Crippen molar-refractivity contribution in [3.05, 3.63) is 70.3 Å². The number of piperazine rings is 1. The van der Waals surface area contributed by atoms with E-state index in [-0.39, 0.29) is 5.82 Å². The summed E-state index contributed by atoms with van der Waals surface area (Å²) < 4.78 is 19.4. The number of nitrogens with zero attached hydrogens (tertiary/aromatic N) is 4. The molecule has 2 heterocycles. The number of aromatic nitrogens is 2. The van der Waals surface area contributed by atoms with Crippen molar-refractivity contribution in [2.45, 2.75) is 20.0 Å². The first-order valence-corrected chi connectivity index (χ1v) is 9.74. The highest BCUT2D eigenvalue weighted by molar-refractivity contribution is 6.31. The Balaban J connectivity index is 1.33. The highest BCUT2D eigenvalue weighted by Crippen LogP contribution is 2.22. The van der Waals surface area contributed by atoms with Gasteiger partial charge in [-0.05, 0) is 24.6 Å². The Labute approximate surface area is 168 Å².